The molecule has 5 heteroatoms. The Bertz CT molecular complexity index is 921. The molecule has 33 heavy (non-hydrogen) atoms. The Morgan fingerprint density at radius 3 is 2.30 bits per heavy atom. The lowest BCUT2D eigenvalue weighted by Crippen LogP contribution is -2.46. The third-order valence-corrected chi connectivity index (χ3v) is 6.61. The lowest BCUT2D eigenvalue weighted by molar-refractivity contribution is -0.162. The number of benzene rings is 2. The van der Waals surface area contributed by atoms with E-state index in [9.17, 15) is 4.79 Å². The van der Waals surface area contributed by atoms with Gasteiger partial charge >= 0.3 is 5.97 Å². The molecule has 0 unspecified atom stereocenters. The smallest absolute Gasteiger partial charge is 0.311 e. The van der Waals surface area contributed by atoms with Gasteiger partial charge in [-0.15, -0.1) is 0 Å². The van der Waals surface area contributed by atoms with Gasteiger partial charge in [0.25, 0.3) is 0 Å². The first kappa shape index (κ1) is 25.1. The Labute approximate surface area is 199 Å². The molecule has 4 atom stereocenters. The molecule has 0 spiro atoms. The maximum atomic E-state index is 13.2. The van der Waals surface area contributed by atoms with Gasteiger partial charge in [-0.25, -0.2) is 0 Å². The number of ether oxygens (including phenoxy) is 3. The molecule has 3 rings (SSSR count). The first-order valence-corrected chi connectivity index (χ1v) is 11.9. The Morgan fingerprint density at radius 1 is 1.03 bits per heavy atom. The standard InChI is InChI=1S/C28H39NO4/c1-19-13-15-23(27(30)33-28(3,4)5)26(19)29(20(2)22-11-9-8-10-12-22)18-21-14-16-24(31-6)25(17-21)32-7/h8-12,14,16-17,19-20,23,26H,13,15,18H2,1-7H3/t19-,20+,23-,26+/m0/s1. The van der Waals surface area contributed by atoms with Crippen LogP contribution in [0, 0.1) is 11.8 Å². The number of hydrogen-bond donors (Lipinski definition) is 0. The number of hydrogen-bond acceptors (Lipinski definition) is 5. The largest absolute Gasteiger partial charge is 0.493 e. The fourth-order valence-electron chi connectivity index (χ4n) is 4.99. The van der Waals surface area contributed by atoms with E-state index in [0.29, 0.717) is 24.0 Å². The summed E-state index contributed by atoms with van der Waals surface area (Å²) in [5.41, 5.74) is 1.87. The van der Waals surface area contributed by atoms with Crippen LogP contribution in [-0.4, -0.2) is 36.7 Å². The Morgan fingerprint density at radius 2 is 1.70 bits per heavy atom. The van der Waals surface area contributed by atoms with Gasteiger partial charge in [0.15, 0.2) is 11.5 Å². The maximum Gasteiger partial charge on any atom is 0.311 e. The average Bonchev–Trinajstić information content (AvgIpc) is 3.17. The Hall–Kier alpha value is -2.53. The maximum absolute atomic E-state index is 13.2. The highest BCUT2D eigenvalue weighted by molar-refractivity contribution is 5.74. The van der Waals surface area contributed by atoms with Crippen LogP contribution in [-0.2, 0) is 16.1 Å². The molecular weight excluding hydrogens is 414 g/mol. The molecule has 0 heterocycles. The van der Waals surface area contributed by atoms with Gasteiger partial charge in [-0.1, -0.05) is 43.3 Å². The van der Waals surface area contributed by atoms with Gasteiger partial charge in [-0.2, -0.15) is 0 Å². The molecule has 0 bridgehead atoms. The number of esters is 1. The number of carbonyl (C=O) groups is 1. The summed E-state index contributed by atoms with van der Waals surface area (Å²) in [7, 11) is 3.30. The number of rotatable bonds is 8. The van der Waals surface area contributed by atoms with Gasteiger partial charge in [0.2, 0.25) is 0 Å². The number of methoxy groups -OCH3 is 2. The molecule has 0 N–H and O–H groups in total. The van der Waals surface area contributed by atoms with E-state index in [4.69, 9.17) is 14.2 Å². The summed E-state index contributed by atoms with van der Waals surface area (Å²) < 4.78 is 16.8. The van der Waals surface area contributed by atoms with Gasteiger partial charge in [-0.05, 0) is 69.7 Å². The molecular formula is C28H39NO4. The monoisotopic (exact) mass is 453 g/mol. The first-order valence-electron chi connectivity index (χ1n) is 11.9. The van der Waals surface area contributed by atoms with Gasteiger partial charge in [-0.3, -0.25) is 9.69 Å². The van der Waals surface area contributed by atoms with Crippen LogP contribution in [0.2, 0.25) is 0 Å². The molecule has 5 nitrogen and oxygen atoms in total. The predicted octanol–water partition coefficient (Wildman–Crippen LogP) is 6.02. The van der Waals surface area contributed by atoms with Crippen molar-refractivity contribution in [2.24, 2.45) is 11.8 Å². The van der Waals surface area contributed by atoms with E-state index in [2.05, 4.69) is 49.1 Å². The van der Waals surface area contributed by atoms with Crippen LogP contribution in [0.4, 0.5) is 0 Å². The van der Waals surface area contributed by atoms with Crippen LogP contribution in [0.5, 0.6) is 11.5 Å². The van der Waals surface area contributed by atoms with Crippen molar-refractivity contribution >= 4 is 5.97 Å². The minimum Gasteiger partial charge on any atom is -0.493 e. The van der Waals surface area contributed by atoms with Crippen LogP contribution in [0.15, 0.2) is 48.5 Å². The molecule has 2 aromatic carbocycles. The SMILES string of the molecule is COc1ccc(CN([C@H]2[C@@H](C(=O)OC(C)(C)C)CC[C@@H]2C)[C@H](C)c2ccccc2)cc1OC. The van der Waals surface area contributed by atoms with Crippen molar-refractivity contribution < 1.29 is 19.0 Å². The van der Waals surface area contributed by atoms with E-state index >= 15 is 0 Å². The molecule has 2 aromatic rings. The van der Waals surface area contributed by atoms with Gasteiger partial charge in [0.1, 0.15) is 5.60 Å². The van der Waals surface area contributed by atoms with E-state index in [1.54, 1.807) is 14.2 Å². The second kappa shape index (κ2) is 10.6. The molecule has 1 saturated carbocycles. The van der Waals surface area contributed by atoms with Crippen molar-refractivity contribution in [3.8, 4) is 11.5 Å². The van der Waals surface area contributed by atoms with Crippen molar-refractivity contribution in [2.45, 2.75) is 71.7 Å². The highest BCUT2D eigenvalue weighted by atomic mass is 16.6. The van der Waals surface area contributed by atoms with Crippen LogP contribution < -0.4 is 9.47 Å². The molecule has 0 saturated heterocycles. The van der Waals surface area contributed by atoms with E-state index in [1.807, 2.05) is 39.0 Å². The minimum absolute atomic E-state index is 0.0863. The second-order valence-electron chi connectivity index (χ2n) is 10.1. The van der Waals surface area contributed by atoms with Crippen LogP contribution in [0.25, 0.3) is 0 Å². The lowest BCUT2D eigenvalue weighted by atomic mass is 9.92. The molecule has 0 aliphatic heterocycles. The molecule has 180 valence electrons. The predicted molar refractivity (Wildman–Crippen MR) is 131 cm³/mol. The number of carbonyl (C=O) groups excluding carboxylic acids is 1. The average molecular weight is 454 g/mol. The summed E-state index contributed by atoms with van der Waals surface area (Å²) in [6.45, 7) is 11.0. The van der Waals surface area contributed by atoms with Crippen LogP contribution in [0.3, 0.4) is 0 Å². The summed E-state index contributed by atoms with van der Waals surface area (Å²) in [5, 5.41) is 0. The molecule has 1 aliphatic rings. The fourth-order valence-corrected chi connectivity index (χ4v) is 4.99. The summed E-state index contributed by atoms with van der Waals surface area (Å²) >= 11 is 0. The molecule has 1 aliphatic carbocycles. The van der Waals surface area contributed by atoms with Crippen molar-refractivity contribution in [1.29, 1.82) is 0 Å². The Balaban J connectivity index is 1.98. The van der Waals surface area contributed by atoms with E-state index in [-0.39, 0.29) is 24.0 Å². The minimum atomic E-state index is -0.493. The molecule has 0 radical (unpaired) electrons. The van der Waals surface area contributed by atoms with Gasteiger partial charge in [0, 0.05) is 18.6 Å². The topological polar surface area (TPSA) is 48.0 Å². The zero-order chi connectivity index (χ0) is 24.2. The highest BCUT2D eigenvalue weighted by Crippen LogP contribution is 2.41. The summed E-state index contributed by atoms with van der Waals surface area (Å²) in [4.78, 5) is 15.7. The van der Waals surface area contributed by atoms with Gasteiger partial charge in [0.05, 0.1) is 20.1 Å². The second-order valence-corrected chi connectivity index (χ2v) is 10.1. The van der Waals surface area contributed by atoms with Gasteiger partial charge < -0.3 is 14.2 Å². The highest BCUT2D eigenvalue weighted by Gasteiger charge is 2.44. The zero-order valence-corrected chi connectivity index (χ0v) is 21.1. The molecule has 0 aromatic heterocycles. The van der Waals surface area contributed by atoms with Crippen molar-refractivity contribution in [3.05, 3.63) is 59.7 Å². The Kier molecular flexibility index (Phi) is 8.06. The lowest BCUT2D eigenvalue weighted by Gasteiger charge is -2.40. The summed E-state index contributed by atoms with van der Waals surface area (Å²) in [6.07, 6.45) is 1.86. The number of nitrogens with zero attached hydrogens (tertiary/aromatic N) is 1. The van der Waals surface area contributed by atoms with Crippen LogP contribution >= 0.6 is 0 Å². The first-order chi connectivity index (χ1) is 15.6. The van der Waals surface area contributed by atoms with E-state index in [0.717, 1.165) is 18.4 Å². The van der Waals surface area contributed by atoms with Crippen molar-refractivity contribution in [2.75, 3.05) is 14.2 Å². The quantitative estimate of drug-likeness (QED) is 0.457. The van der Waals surface area contributed by atoms with Crippen molar-refractivity contribution in [1.82, 2.24) is 4.90 Å². The zero-order valence-electron chi connectivity index (χ0n) is 21.1. The van der Waals surface area contributed by atoms with Crippen molar-refractivity contribution in [3.63, 3.8) is 0 Å². The van der Waals surface area contributed by atoms with E-state index in [1.165, 1.54) is 5.56 Å². The normalized spacial score (nSPS) is 21.6. The van der Waals surface area contributed by atoms with E-state index < -0.39 is 5.60 Å². The molecule has 0 amide bonds. The third kappa shape index (κ3) is 6.08. The summed E-state index contributed by atoms with van der Waals surface area (Å²) in [6, 6.07) is 16.8. The van der Waals surface area contributed by atoms with Crippen LogP contribution in [0.1, 0.15) is 64.6 Å². The fraction of sp³-hybridized carbons (Fsp3) is 0.536. The molecule has 1 fully saturated rings. The third-order valence-electron chi connectivity index (χ3n) is 6.61. The summed E-state index contributed by atoms with van der Waals surface area (Å²) in [5.74, 6) is 1.57.